The third-order valence-electron chi connectivity index (χ3n) is 6.46. The molecule has 4 aromatic carbocycles. The first-order chi connectivity index (χ1) is 20.2. The summed E-state index contributed by atoms with van der Waals surface area (Å²) in [5.41, 5.74) is 0.851. The lowest BCUT2D eigenvalue weighted by Crippen LogP contribution is -2.05. The van der Waals surface area contributed by atoms with E-state index in [2.05, 4.69) is 15.0 Å². The minimum absolute atomic E-state index is 0.0135. The van der Waals surface area contributed by atoms with Gasteiger partial charge >= 0.3 is 12.3 Å². The number of phenolic OH excluding ortho intramolecular Hbond substituents is 1. The number of carbonyl (C=O) groups is 1. The number of fused-ring (bicyclic) bond motifs is 1. The molecule has 0 radical (unpaired) electrons. The SMILES string of the molecule is Cc1cc(C)cc(-n2c(O)c(N=Nc3cc(Cl)cc(-c4ccc(F)c(OC(=O)O)c4)c3O)c3ccc(C(F)(F)F)cc32)c1. The number of hydrogen-bond acceptors (Lipinski definition) is 6. The lowest BCUT2D eigenvalue weighted by Gasteiger charge is -2.11. The van der Waals surface area contributed by atoms with Crippen molar-refractivity contribution in [2.75, 3.05) is 0 Å². The molecule has 0 spiro atoms. The molecule has 0 saturated carbocycles. The number of phenols is 1. The number of nitrogens with zero attached hydrogens (tertiary/aromatic N) is 3. The smallest absolute Gasteiger partial charge is 0.505 e. The van der Waals surface area contributed by atoms with Crippen LogP contribution in [0.3, 0.4) is 0 Å². The van der Waals surface area contributed by atoms with E-state index in [-0.39, 0.29) is 38.4 Å². The Morgan fingerprint density at radius 2 is 1.63 bits per heavy atom. The second-order valence-electron chi connectivity index (χ2n) is 9.62. The van der Waals surface area contributed by atoms with Crippen molar-refractivity contribution in [3.63, 3.8) is 0 Å². The van der Waals surface area contributed by atoms with Gasteiger partial charge in [0.15, 0.2) is 23.0 Å². The van der Waals surface area contributed by atoms with Crippen LogP contribution in [0.25, 0.3) is 27.7 Å². The van der Waals surface area contributed by atoms with Crippen molar-refractivity contribution in [2.24, 2.45) is 10.2 Å². The number of aromatic nitrogens is 1. The van der Waals surface area contributed by atoms with Gasteiger partial charge in [-0.1, -0.05) is 23.7 Å². The summed E-state index contributed by atoms with van der Waals surface area (Å²) in [6.45, 7) is 3.61. The Kier molecular flexibility index (Phi) is 7.49. The number of carboxylic acid groups (broad SMARTS) is 1. The van der Waals surface area contributed by atoms with Crippen LogP contribution in [0.4, 0.5) is 33.7 Å². The number of alkyl halides is 3. The van der Waals surface area contributed by atoms with Gasteiger partial charge < -0.3 is 20.1 Å². The maximum absolute atomic E-state index is 14.0. The molecular weight excluding hydrogens is 594 g/mol. The Labute approximate surface area is 245 Å². The Hall–Kier alpha value is -5.10. The van der Waals surface area contributed by atoms with E-state index in [1.54, 1.807) is 26.0 Å². The second-order valence-corrected chi connectivity index (χ2v) is 10.1. The average molecular weight is 614 g/mol. The molecule has 220 valence electrons. The Morgan fingerprint density at radius 1 is 0.930 bits per heavy atom. The summed E-state index contributed by atoms with van der Waals surface area (Å²) in [5.74, 6) is -2.57. The molecule has 0 fully saturated rings. The maximum atomic E-state index is 14.0. The number of azo groups is 1. The molecule has 0 atom stereocenters. The molecule has 5 rings (SSSR count). The van der Waals surface area contributed by atoms with E-state index in [1.165, 1.54) is 22.8 Å². The topological polar surface area (TPSA) is 117 Å². The average Bonchev–Trinajstić information content (AvgIpc) is 3.19. The first kappa shape index (κ1) is 29.4. The van der Waals surface area contributed by atoms with Gasteiger partial charge in [-0.2, -0.15) is 13.2 Å². The van der Waals surface area contributed by atoms with Crippen LogP contribution in [0.5, 0.6) is 17.4 Å². The molecule has 13 heteroatoms. The number of halogens is 5. The predicted octanol–water partition coefficient (Wildman–Crippen LogP) is 9.61. The van der Waals surface area contributed by atoms with Crippen LogP contribution in [-0.4, -0.2) is 26.0 Å². The molecule has 5 aromatic rings. The zero-order valence-corrected chi connectivity index (χ0v) is 23.0. The van der Waals surface area contributed by atoms with E-state index >= 15 is 0 Å². The van der Waals surface area contributed by atoms with Crippen LogP contribution < -0.4 is 4.74 Å². The number of ether oxygens (including phenoxy) is 1. The van der Waals surface area contributed by atoms with Crippen LogP contribution in [0, 0.1) is 19.7 Å². The molecule has 0 bridgehead atoms. The minimum atomic E-state index is -4.65. The van der Waals surface area contributed by atoms with E-state index in [0.717, 1.165) is 41.5 Å². The van der Waals surface area contributed by atoms with Gasteiger partial charge in [-0.25, -0.2) is 9.18 Å². The van der Waals surface area contributed by atoms with Crippen LogP contribution in [0.1, 0.15) is 16.7 Å². The summed E-state index contributed by atoms with van der Waals surface area (Å²) in [7, 11) is 0. The van der Waals surface area contributed by atoms with Gasteiger partial charge in [0.05, 0.1) is 11.1 Å². The van der Waals surface area contributed by atoms with Crippen molar-refractivity contribution in [3.05, 3.63) is 94.3 Å². The Morgan fingerprint density at radius 3 is 2.28 bits per heavy atom. The highest BCUT2D eigenvalue weighted by Gasteiger charge is 2.32. The number of aromatic hydroxyl groups is 2. The summed E-state index contributed by atoms with van der Waals surface area (Å²) in [4.78, 5) is 10.9. The summed E-state index contributed by atoms with van der Waals surface area (Å²) >= 11 is 6.24. The van der Waals surface area contributed by atoms with E-state index in [4.69, 9.17) is 16.7 Å². The van der Waals surface area contributed by atoms with Crippen LogP contribution >= 0.6 is 11.6 Å². The molecule has 8 nitrogen and oxygen atoms in total. The molecule has 0 amide bonds. The molecular formula is C30H20ClF4N3O5. The second kappa shape index (κ2) is 11.0. The van der Waals surface area contributed by atoms with Crippen molar-refractivity contribution in [1.29, 1.82) is 0 Å². The van der Waals surface area contributed by atoms with Crippen molar-refractivity contribution >= 4 is 40.0 Å². The fraction of sp³-hybridized carbons (Fsp3) is 0.100. The van der Waals surface area contributed by atoms with E-state index in [9.17, 15) is 32.6 Å². The standard InChI is InChI=1S/C30H20ClF4N3O5/c1-14-7-15(2)9-19(8-14)38-24-11-17(30(33,34)35)4-5-20(24)26(28(38)40)37-36-23-13-18(31)12-21(27(23)39)16-3-6-22(32)25(10-16)43-29(41)42/h3-13,39-40H,1-2H3,(H,41,42). The molecule has 0 aliphatic heterocycles. The van der Waals surface area contributed by atoms with Crippen LogP contribution in [0.2, 0.25) is 5.02 Å². The fourth-order valence-corrected chi connectivity index (χ4v) is 4.91. The number of hydrogen-bond donors (Lipinski definition) is 3. The van der Waals surface area contributed by atoms with E-state index in [1.807, 2.05) is 6.07 Å². The normalized spacial score (nSPS) is 11.9. The molecule has 1 aromatic heterocycles. The lowest BCUT2D eigenvalue weighted by molar-refractivity contribution is -0.137. The monoisotopic (exact) mass is 613 g/mol. The van der Waals surface area contributed by atoms with Gasteiger partial charge in [-0.05, 0) is 85.1 Å². The van der Waals surface area contributed by atoms with Gasteiger partial charge in [-0.15, -0.1) is 10.2 Å². The Bertz CT molecular complexity index is 1930. The first-order valence-electron chi connectivity index (χ1n) is 12.4. The van der Waals surface area contributed by atoms with Crippen molar-refractivity contribution in [2.45, 2.75) is 20.0 Å². The first-order valence-corrected chi connectivity index (χ1v) is 12.8. The summed E-state index contributed by atoms with van der Waals surface area (Å²) < 4.78 is 60.5. The number of rotatable bonds is 5. The third-order valence-corrected chi connectivity index (χ3v) is 6.68. The van der Waals surface area contributed by atoms with E-state index < -0.39 is 41.1 Å². The van der Waals surface area contributed by atoms with Crippen molar-refractivity contribution < 1.29 is 42.4 Å². The van der Waals surface area contributed by atoms with Crippen molar-refractivity contribution in [1.82, 2.24) is 4.57 Å². The zero-order chi connectivity index (χ0) is 31.2. The van der Waals surface area contributed by atoms with Gasteiger partial charge in [0.25, 0.3) is 0 Å². The highest BCUT2D eigenvalue weighted by molar-refractivity contribution is 6.31. The van der Waals surface area contributed by atoms with Crippen LogP contribution in [0.15, 0.2) is 77.0 Å². The quantitative estimate of drug-likeness (QED) is 0.0789. The molecule has 0 saturated heterocycles. The number of aryl methyl sites for hydroxylation is 2. The molecule has 0 unspecified atom stereocenters. The maximum Gasteiger partial charge on any atom is 0.511 e. The Balaban J connectivity index is 1.67. The highest BCUT2D eigenvalue weighted by atomic mass is 35.5. The molecule has 0 aliphatic rings. The van der Waals surface area contributed by atoms with Gasteiger partial charge in [0.2, 0.25) is 5.88 Å². The third kappa shape index (κ3) is 5.82. The summed E-state index contributed by atoms with van der Waals surface area (Å²) in [5, 5.41) is 39.4. The largest absolute Gasteiger partial charge is 0.511 e. The lowest BCUT2D eigenvalue weighted by atomic mass is 10.0. The van der Waals surface area contributed by atoms with Crippen LogP contribution in [-0.2, 0) is 6.18 Å². The van der Waals surface area contributed by atoms with E-state index in [0.29, 0.717) is 5.69 Å². The van der Waals surface area contributed by atoms with Crippen molar-refractivity contribution in [3.8, 4) is 34.2 Å². The molecule has 0 aliphatic carbocycles. The molecule has 1 heterocycles. The molecule has 3 N–H and O–H groups in total. The molecule has 43 heavy (non-hydrogen) atoms. The zero-order valence-electron chi connectivity index (χ0n) is 22.2. The van der Waals surface area contributed by atoms with Gasteiger partial charge in [-0.3, -0.25) is 4.57 Å². The summed E-state index contributed by atoms with van der Waals surface area (Å²) in [6, 6.07) is 13.9. The highest BCUT2D eigenvalue weighted by Crippen LogP contribution is 2.46. The minimum Gasteiger partial charge on any atom is -0.505 e. The number of benzene rings is 4. The van der Waals surface area contributed by atoms with Gasteiger partial charge in [0.1, 0.15) is 5.69 Å². The predicted molar refractivity (Wildman–Crippen MR) is 151 cm³/mol. The summed E-state index contributed by atoms with van der Waals surface area (Å²) in [6.07, 6.45) is -6.40. The van der Waals surface area contributed by atoms with Gasteiger partial charge in [0, 0.05) is 21.7 Å². The fourth-order valence-electron chi connectivity index (χ4n) is 4.70.